The molecule has 1 N–H and O–H groups in total. The van der Waals surface area contributed by atoms with Crippen LogP contribution in [0.4, 0.5) is 0 Å². The summed E-state index contributed by atoms with van der Waals surface area (Å²) < 4.78 is 16.8. The molecule has 0 spiro atoms. The third kappa shape index (κ3) is 5.35. The molecular formula is C24H20BrN3O5S. The van der Waals surface area contributed by atoms with Gasteiger partial charge in [0.25, 0.3) is 5.91 Å². The summed E-state index contributed by atoms with van der Waals surface area (Å²) in [5, 5.41) is 19.1. The van der Waals surface area contributed by atoms with Crippen LogP contribution in [0.25, 0.3) is 6.08 Å². The van der Waals surface area contributed by atoms with E-state index in [2.05, 4.69) is 26.1 Å². The van der Waals surface area contributed by atoms with Crippen LogP contribution in [0.1, 0.15) is 16.9 Å². The van der Waals surface area contributed by atoms with E-state index in [0.29, 0.717) is 21.4 Å². The molecule has 1 aliphatic heterocycles. The Balaban J connectivity index is 1.66. The average Bonchev–Trinajstić information content (AvgIpc) is 3.45. The maximum absolute atomic E-state index is 13.2. The van der Waals surface area contributed by atoms with Gasteiger partial charge in [0.05, 0.1) is 38.1 Å². The monoisotopic (exact) mass is 541 g/mol. The fourth-order valence-corrected chi connectivity index (χ4v) is 4.32. The number of phenolic OH excluding ortho intramolecular Hbond substituents is 1. The van der Waals surface area contributed by atoms with Crippen molar-refractivity contribution in [3.63, 3.8) is 0 Å². The molecular weight excluding hydrogens is 522 g/mol. The molecule has 0 aliphatic carbocycles. The van der Waals surface area contributed by atoms with E-state index in [1.807, 2.05) is 24.3 Å². The highest BCUT2D eigenvalue weighted by atomic mass is 79.9. The van der Waals surface area contributed by atoms with Crippen LogP contribution in [0.3, 0.4) is 0 Å². The van der Waals surface area contributed by atoms with Crippen LogP contribution in [0.15, 0.2) is 78.8 Å². The molecule has 0 saturated carbocycles. The molecule has 1 fully saturated rings. The minimum atomic E-state index is -0.245. The Labute approximate surface area is 208 Å². The van der Waals surface area contributed by atoms with Crippen molar-refractivity contribution in [2.45, 2.75) is 6.54 Å². The number of ether oxygens (including phenoxy) is 2. The lowest BCUT2D eigenvalue weighted by Gasteiger charge is -2.12. The molecule has 10 heteroatoms. The number of thioether (sulfide) groups is 1. The third-order valence-corrected chi connectivity index (χ3v) is 6.33. The van der Waals surface area contributed by atoms with Crippen molar-refractivity contribution in [2.75, 3.05) is 14.2 Å². The largest absolute Gasteiger partial charge is 0.502 e. The molecule has 0 radical (unpaired) electrons. The van der Waals surface area contributed by atoms with Gasteiger partial charge >= 0.3 is 0 Å². The summed E-state index contributed by atoms with van der Waals surface area (Å²) >= 11 is 4.59. The van der Waals surface area contributed by atoms with Crippen LogP contribution in [-0.2, 0) is 11.3 Å². The molecule has 1 saturated heterocycles. The molecule has 0 unspecified atom stereocenters. The minimum Gasteiger partial charge on any atom is -0.502 e. The highest BCUT2D eigenvalue weighted by Gasteiger charge is 2.34. The highest BCUT2D eigenvalue weighted by Crippen LogP contribution is 2.39. The Kier molecular flexibility index (Phi) is 7.39. The van der Waals surface area contributed by atoms with Crippen molar-refractivity contribution in [1.82, 2.24) is 4.90 Å². The number of benzene rings is 2. The van der Waals surface area contributed by atoms with Crippen LogP contribution < -0.4 is 9.47 Å². The Hall–Kier alpha value is -3.50. The number of amides is 1. The number of phenols is 1. The number of nitrogens with zero attached hydrogens (tertiary/aromatic N) is 3. The van der Waals surface area contributed by atoms with Crippen molar-refractivity contribution >= 4 is 51.1 Å². The van der Waals surface area contributed by atoms with E-state index in [0.717, 1.165) is 10.0 Å². The third-order valence-electron chi connectivity index (χ3n) is 4.80. The summed E-state index contributed by atoms with van der Waals surface area (Å²) in [6, 6.07) is 14.4. The average molecular weight is 542 g/mol. The number of carbonyl (C=O) groups excluding carboxylic acids is 1. The van der Waals surface area contributed by atoms with Crippen LogP contribution in [0, 0.1) is 0 Å². The Morgan fingerprint density at radius 1 is 1.12 bits per heavy atom. The smallest absolute Gasteiger partial charge is 0.267 e. The molecule has 2 aromatic carbocycles. The topological polar surface area (TPSA) is 96.9 Å². The Morgan fingerprint density at radius 2 is 1.82 bits per heavy atom. The van der Waals surface area contributed by atoms with Crippen molar-refractivity contribution in [1.29, 1.82) is 0 Å². The van der Waals surface area contributed by atoms with Gasteiger partial charge in [-0.1, -0.05) is 28.1 Å². The molecule has 4 rings (SSSR count). The van der Waals surface area contributed by atoms with Crippen LogP contribution in [-0.4, -0.2) is 41.5 Å². The van der Waals surface area contributed by atoms with E-state index in [1.165, 1.54) is 30.9 Å². The standard InChI is InChI=1S/C24H20BrN3O5S/c1-31-19-10-16(11-20(32-2)22(19)29)12-21-23(30)28(14-18-4-3-9-33-18)24(34-21)27-26-13-15-5-7-17(25)8-6-15/h3-13,29H,14H2,1-2H3/b21-12-,26-13+,27-24-. The minimum absolute atomic E-state index is 0.110. The van der Waals surface area contributed by atoms with Crippen molar-refractivity contribution in [3.05, 3.63) is 81.1 Å². The zero-order valence-electron chi connectivity index (χ0n) is 18.3. The van der Waals surface area contributed by atoms with Gasteiger partial charge in [-0.25, -0.2) is 0 Å². The van der Waals surface area contributed by atoms with Crippen LogP contribution >= 0.6 is 27.7 Å². The quantitative estimate of drug-likeness (QED) is 0.248. The number of amidine groups is 1. The number of methoxy groups -OCH3 is 2. The fraction of sp³-hybridized carbons (Fsp3) is 0.125. The molecule has 0 atom stereocenters. The van der Waals surface area contributed by atoms with Crippen LogP contribution in [0.2, 0.25) is 0 Å². The fourth-order valence-electron chi connectivity index (χ4n) is 3.12. The molecule has 174 valence electrons. The van der Waals surface area contributed by atoms with E-state index in [4.69, 9.17) is 13.9 Å². The Bertz CT molecular complexity index is 1250. The van der Waals surface area contributed by atoms with Gasteiger partial charge in [0.2, 0.25) is 5.75 Å². The number of carbonyl (C=O) groups is 1. The molecule has 34 heavy (non-hydrogen) atoms. The summed E-state index contributed by atoms with van der Waals surface area (Å²) in [7, 11) is 2.89. The van der Waals surface area contributed by atoms with E-state index >= 15 is 0 Å². The van der Waals surface area contributed by atoms with Gasteiger partial charge < -0.3 is 19.0 Å². The maximum atomic E-state index is 13.2. The summed E-state index contributed by atoms with van der Waals surface area (Å²) in [5.74, 6) is 0.739. The molecule has 0 bridgehead atoms. The normalized spacial score (nSPS) is 16.2. The van der Waals surface area contributed by atoms with E-state index in [9.17, 15) is 9.90 Å². The number of rotatable bonds is 7. The predicted octanol–water partition coefficient (Wildman–Crippen LogP) is 5.27. The first-order valence-electron chi connectivity index (χ1n) is 10.0. The zero-order valence-corrected chi connectivity index (χ0v) is 20.7. The lowest BCUT2D eigenvalue weighted by Crippen LogP contribution is -2.28. The summed E-state index contributed by atoms with van der Waals surface area (Å²) in [6.45, 7) is 0.213. The van der Waals surface area contributed by atoms with Gasteiger partial charge in [-0.2, -0.15) is 5.10 Å². The SMILES string of the molecule is COc1cc(/C=C2\S/C(=N\N=C\c3ccc(Br)cc3)N(Cc3ccco3)C2=O)cc(OC)c1O. The van der Waals surface area contributed by atoms with E-state index in [1.54, 1.807) is 42.8 Å². The first-order valence-corrected chi connectivity index (χ1v) is 11.6. The number of halogens is 1. The molecule has 3 aromatic rings. The first-order chi connectivity index (χ1) is 16.5. The molecule has 8 nitrogen and oxygen atoms in total. The second-order valence-electron chi connectivity index (χ2n) is 7.03. The van der Waals surface area contributed by atoms with E-state index in [-0.39, 0.29) is 29.7 Å². The molecule has 1 aliphatic rings. The molecule has 2 heterocycles. The summed E-state index contributed by atoms with van der Waals surface area (Å²) in [5.41, 5.74) is 1.50. The number of aromatic hydroxyl groups is 1. The first kappa shape index (κ1) is 23.7. The molecule has 1 aromatic heterocycles. The van der Waals surface area contributed by atoms with Gasteiger partial charge in [-0.3, -0.25) is 9.69 Å². The predicted molar refractivity (Wildman–Crippen MR) is 135 cm³/mol. The van der Waals surface area contributed by atoms with Gasteiger partial charge in [0, 0.05) is 4.47 Å². The number of hydrogen-bond acceptors (Lipinski definition) is 8. The van der Waals surface area contributed by atoms with Gasteiger partial charge in [0.15, 0.2) is 16.7 Å². The van der Waals surface area contributed by atoms with Crippen LogP contribution in [0.5, 0.6) is 17.2 Å². The van der Waals surface area contributed by atoms with E-state index < -0.39 is 0 Å². The number of hydrogen-bond donors (Lipinski definition) is 1. The van der Waals surface area contributed by atoms with Gasteiger partial charge in [-0.05, 0) is 65.4 Å². The lowest BCUT2D eigenvalue weighted by molar-refractivity contribution is -0.122. The molecule has 1 amide bonds. The zero-order chi connectivity index (χ0) is 24.1. The second-order valence-corrected chi connectivity index (χ2v) is 8.96. The van der Waals surface area contributed by atoms with Gasteiger partial charge in [0.1, 0.15) is 5.76 Å². The van der Waals surface area contributed by atoms with Crippen molar-refractivity contribution in [3.8, 4) is 17.2 Å². The maximum Gasteiger partial charge on any atom is 0.267 e. The highest BCUT2D eigenvalue weighted by molar-refractivity contribution is 9.10. The summed E-state index contributed by atoms with van der Waals surface area (Å²) in [6.07, 6.45) is 4.86. The lowest BCUT2D eigenvalue weighted by atomic mass is 10.1. The number of furan rings is 1. The summed E-state index contributed by atoms with van der Waals surface area (Å²) in [4.78, 5) is 15.2. The van der Waals surface area contributed by atoms with Crippen molar-refractivity contribution < 1.29 is 23.8 Å². The van der Waals surface area contributed by atoms with Gasteiger partial charge in [-0.15, -0.1) is 5.10 Å². The Morgan fingerprint density at radius 3 is 2.44 bits per heavy atom. The van der Waals surface area contributed by atoms with Crippen molar-refractivity contribution in [2.24, 2.45) is 10.2 Å². The second kappa shape index (κ2) is 10.6.